The van der Waals surface area contributed by atoms with Crippen LogP contribution in [-0.4, -0.2) is 32.9 Å². The quantitative estimate of drug-likeness (QED) is 0.885. The first-order valence-corrected chi connectivity index (χ1v) is 5.99. The summed E-state index contributed by atoms with van der Waals surface area (Å²) in [4.78, 5) is 10.4. The summed E-state index contributed by atoms with van der Waals surface area (Å²) in [5.41, 5.74) is 0.240. The van der Waals surface area contributed by atoms with Crippen LogP contribution in [-0.2, 0) is 14.5 Å². The van der Waals surface area contributed by atoms with Crippen molar-refractivity contribution in [2.24, 2.45) is 0 Å². The molecule has 1 aromatic carbocycles. The Bertz CT molecular complexity index is 470. The normalized spacial score (nSPS) is 10.1. The third kappa shape index (κ3) is 7.25. The number of hydrogen-bond acceptors (Lipinski definition) is 5. The van der Waals surface area contributed by atoms with E-state index in [9.17, 15) is 17.7 Å². The fourth-order valence-electron chi connectivity index (χ4n) is 0.756. The first-order chi connectivity index (χ1) is 7.80. The topological polar surface area (TPSA) is 89.9 Å². The van der Waals surface area contributed by atoms with Crippen LogP contribution in [0, 0.1) is 0 Å². The van der Waals surface area contributed by atoms with E-state index >= 15 is 0 Å². The van der Waals surface area contributed by atoms with Crippen molar-refractivity contribution >= 4 is 16.1 Å². The molecule has 0 aliphatic rings. The average Bonchev–Trinajstić information content (AvgIpc) is 2.29. The van der Waals surface area contributed by atoms with E-state index in [1.807, 2.05) is 0 Å². The lowest BCUT2D eigenvalue weighted by Gasteiger charge is -1.98. The molecule has 0 spiro atoms. The van der Waals surface area contributed by atoms with Crippen LogP contribution in [0.2, 0.25) is 0 Å². The molecule has 0 unspecified atom stereocenters. The van der Waals surface area contributed by atoms with Crippen molar-refractivity contribution in [2.75, 3.05) is 13.4 Å². The van der Waals surface area contributed by atoms with Gasteiger partial charge in [0.2, 0.25) is 0 Å². The largest absolute Gasteiger partial charge is 0.497 e. The molecular formula is C9H11FO6S. The van der Waals surface area contributed by atoms with Crippen molar-refractivity contribution in [1.82, 2.24) is 0 Å². The van der Waals surface area contributed by atoms with E-state index in [1.54, 1.807) is 12.1 Å². The maximum Gasteiger partial charge on any atom is 0.335 e. The van der Waals surface area contributed by atoms with E-state index in [-0.39, 0.29) is 5.56 Å². The number of hydrogen-bond donors (Lipinski definition) is 1. The molecule has 1 rings (SSSR count). The Morgan fingerprint density at radius 3 is 2.29 bits per heavy atom. The Morgan fingerprint density at radius 2 is 1.94 bits per heavy atom. The predicted molar refractivity (Wildman–Crippen MR) is 57.0 cm³/mol. The van der Waals surface area contributed by atoms with Gasteiger partial charge in [0.1, 0.15) is 5.75 Å². The highest BCUT2D eigenvalue weighted by Crippen LogP contribution is 2.11. The van der Waals surface area contributed by atoms with Gasteiger partial charge in [-0.15, -0.1) is 0 Å². The van der Waals surface area contributed by atoms with E-state index in [0.717, 1.165) is 0 Å². The minimum atomic E-state index is -3.83. The fraction of sp³-hybridized carbons (Fsp3) is 0.222. The number of carboxylic acids is 1. The van der Waals surface area contributed by atoms with E-state index in [1.165, 1.54) is 19.2 Å². The molecule has 0 aromatic heterocycles. The van der Waals surface area contributed by atoms with E-state index < -0.39 is 16.1 Å². The highest BCUT2D eigenvalue weighted by molar-refractivity contribution is 7.85. The molecule has 0 saturated carbocycles. The zero-order valence-corrected chi connectivity index (χ0v) is 9.90. The molecule has 0 heterocycles. The number of rotatable bonds is 3. The minimum Gasteiger partial charge on any atom is -0.497 e. The SMILES string of the molecule is COc1cccc(C(=O)O)c1.CS(=O)(=O)OF. The molecule has 6 nitrogen and oxygen atoms in total. The minimum absolute atomic E-state index is 0.240. The van der Waals surface area contributed by atoms with Crippen LogP contribution in [0.4, 0.5) is 4.53 Å². The number of benzene rings is 1. The smallest absolute Gasteiger partial charge is 0.335 e. The van der Waals surface area contributed by atoms with E-state index in [2.05, 4.69) is 4.39 Å². The zero-order chi connectivity index (χ0) is 13.5. The second-order valence-corrected chi connectivity index (χ2v) is 4.34. The Labute approximate surface area is 97.6 Å². The molecule has 0 aliphatic carbocycles. The fourth-order valence-corrected chi connectivity index (χ4v) is 0.756. The zero-order valence-electron chi connectivity index (χ0n) is 9.08. The predicted octanol–water partition coefficient (Wildman–Crippen LogP) is 1.24. The summed E-state index contributed by atoms with van der Waals surface area (Å²) in [7, 11) is -2.33. The van der Waals surface area contributed by atoms with Gasteiger partial charge in [0.25, 0.3) is 10.1 Å². The summed E-state index contributed by atoms with van der Waals surface area (Å²) in [6, 6.07) is 6.34. The molecular weight excluding hydrogens is 255 g/mol. The van der Waals surface area contributed by atoms with Crippen molar-refractivity contribution in [3.05, 3.63) is 29.8 Å². The summed E-state index contributed by atoms with van der Waals surface area (Å²) >= 11 is 0. The number of carboxylic acid groups (broad SMARTS) is 1. The molecule has 1 aromatic rings. The molecule has 0 fully saturated rings. The van der Waals surface area contributed by atoms with Gasteiger partial charge in [-0.1, -0.05) is 10.5 Å². The summed E-state index contributed by atoms with van der Waals surface area (Å²) < 4.78 is 36.5. The van der Waals surface area contributed by atoms with Gasteiger partial charge in [0.05, 0.1) is 18.9 Å². The summed E-state index contributed by atoms with van der Waals surface area (Å²) in [5.74, 6) is -0.381. The van der Waals surface area contributed by atoms with Crippen molar-refractivity contribution in [3.8, 4) is 5.75 Å². The van der Waals surface area contributed by atoms with E-state index in [4.69, 9.17) is 9.84 Å². The number of aromatic carboxylic acids is 1. The standard InChI is InChI=1S/C8H8O3.CH3FO3S/c1-11-7-4-2-3-6(5-7)8(9)10;1-6(3,4)5-2/h2-5H,1H3,(H,9,10);1H3. The molecule has 0 bridgehead atoms. The van der Waals surface area contributed by atoms with Crippen molar-refractivity contribution in [2.45, 2.75) is 0 Å². The van der Waals surface area contributed by atoms with Gasteiger partial charge in [-0.25, -0.2) is 4.79 Å². The maximum absolute atomic E-state index is 10.4. The third-order valence-electron chi connectivity index (χ3n) is 1.43. The molecule has 96 valence electrons. The third-order valence-corrected chi connectivity index (χ3v) is 1.66. The number of methoxy groups -OCH3 is 1. The summed E-state index contributed by atoms with van der Waals surface area (Å²) in [6.45, 7) is 0. The van der Waals surface area contributed by atoms with Crippen LogP contribution < -0.4 is 4.74 Å². The molecule has 0 atom stereocenters. The van der Waals surface area contributed by atoms with Gasteiger partial charge in [-0.05, 0) is 22.7 Å². The Hall–Kier alpha value is -1.67. The van der Waals surface area contributed by atoms with E-state index in [0.29, 0.717) is 12.0 Å². The second-order valence-electron chi connectivity index (χ2n) is 2.80. The lowest BCUT2D eigenvalue weighted by atomic mass is 10.2. The Morgan fingerprint density at radius 1 is 1.41 bits per heavy atom. The lowest BCUT2D eigenvalue weighted by Crippen LogP contribution is -1.95. The first kappa shape index (κ1) is 15.3. The van der Waals surface area contributed by atoms with Crippen LogP contribution >= 0.6 is 0 Å². The Balaban J connectivity index is 0.000000366. The van der Waals surface area contributed by atoms with Crippen LogP contribution in [0.3, 0.4) is 0 Å². The number of ether oxygens (including phenoxy) is 1. The molecule has 0 amide bonds. The van der Waals surface area contributed by atoms with Gasteiger partial charge in [0.15, 0.2) is 0 Å². The molecule has 8 heteroatoms. The van der Waals surface area contributed by atoms with Gasteiger partial charge >= 0.3 is 5.97 Å². The van der Waals surface area contributed by atoms with Gasteiger partial charge < -0.3 is 9.84 Å². The molecule has 1 N–H and O–H groups in total. The van der Waals surface area contributed by atoms with Crippen LogP contribution in [0.1, 0.15) is 10.4 Å². The second kappa shape index (κ2) is 6.81. The molecule has 0 saturated heterocycles. The van der Waals surface area contributed by atoms with Crippen molar-refractivity contribution < 1.29 is 32.0 Å². The first-order valence-electron chi connectivity index (χ1n) is 4.17. The molecule has 0 aliphatic heterocycles. The lowest BCUT2D eigenvalue weighted by molar-refractivity contribution is 0.00420. The van der Waals surface area contributed by atoms with Crippen LogP contribution in [0.25, 0.3) is 0 Å². The van der Waals surface area contributed by atoms with Crippen LogP contribution in [0.5, 0.6) is 5.75 Å². The monoisotopic (exact) mass is 266 g/mol. The summed E-state index contributed by atoms with van der Waals surface area (Å²) in [5, 5.41) is 8.55. The van der Waals surface area contributed by atoms with Gasteiger partial charge in [-0.2, -0.15) is 8.42 Å². The maximum atomic E-state index is 10.4. The average molecular weight is 266 g/mol. The van der Waals surface area contributed by atoms with Crippen molar-refractivity contribution in [3.63, 3.8) is 0 Å². The van der Waals surface area contributed by atoms with Crippen LogP contribution in [0.15, 0.2) is 24.3 Å². The van der Waals surface area contributed by atoms with Gasteiger partial charge in [-0.3, -0.25) is 0 Å². The number of halogens is 1. The van der Waals surface area contributed by atoms with Crippen molar-refractivity contribution in [1.29, 1.82) is 0 Å². The van der Waals surface area contributed by atoms with Gasteiger partial charge in [0, 0.05) is 0 Å². The molecule has 17 heavy (non-hydrogen) atoms. The highest BCUT2D eigenvalue weighted by Gasteiger charge is 2.01. The highest BCUT2D eigenvalue weighted by atomic mass is 32.2. The Kier molecular flexibility index (Phi) is 6.15. The molecule has 0 radical (unpaired) electrons. The summed E-state index contributed by atoms with van der Waals surface area (Å²) in [6.07, 6.45) is 0.618. The number of carbonyl (C=O) groups is 1.